The molecule has 0 amide bonds. The van der Waals surface area contributed by atoms with E-state index >= 15 is 0 Å². The summed E-state index contributed by atoms with van der Waals surface area (Å²) in [4.78, 5) is 4.80. The van der Waals surface area contributed by atoms with Gasteiger partial charge < -0.3 is 0 Å². The van der Waals surface area contributed by atoms with Crippen LogP contribution in [0.4, 0.5) is 22.7 Å². The summed E-state index contributed by atoms with van der Waals surface area (Å²) < 4.78 is 4.83. The van der Waals surface area contributed by atoms with Crippen molar-refractivity contribution in [3.05, 3.63) is 105 Å². The van der Waals surface area contributed by atoms with Crippen molar-refractivity contribution in [3.63, 3.8) is 0 Å². The molecule has 4 nitrogen and oxygen atoms in total. The minimum atomic E-state index is 0.992. The van der Waals surface area contributed by atoms with Crippen molar-refractivity contribution in [2.75, 3.05) is 36.0 Å². The summed E-state index contributed by atoms with van der Waals surface area (Å²) in [5.41, 5.74) is 18.4. The lowest BCUT2D eigenvalue weighted by atomic mass is 9.99. The van der Waals surface area contributed by atoms with Crippen molar-refractivity contribution in [2.45, 2.75) is 55.4 Å². The number of rotatable bonds is 5. The van der Waals surface area contributed by atoms with Gasteiger partial charge in [-0.25, -0.2) is 19.0 Å². The van der Waals surface area contributed by atoms with Crippen LogP contribution in [0.15, 0.2) is 60.7 Å². The van der Waals surface area contributed by atoms with Crippen LogP contribution in [0, 0.1) is 55.4 Å². The normalized spacial score (nSPS) is 15.0. The Morgan fingerprint density at radius 3 is 1.14 bits per heavy atom. The lowest BCUT2D eigenvalue weighted by Crippen LogP contribution is -2.19. The van der Waals surface area contributed by atoms with E-state index in [1.807, 2.05) is 0 Å². The molecule has 0 fully saturated rings. The third-order valence-corrected chi connectivity index (χ3v) is 8.91. The molecule has 0 unspecified atom stereocenters. The molecule has 4 aromatic carbocycles. The van der Waals surface area contributed by atoms with E-state index in [1.165, 1.54) is 78.4 Å². The number of anilines is 2. The minimum absolute atomic E-state index is 0.992. The van der Waals surface area contributed by atoms with Gasteiger partial charge in [-0.1, -0.05) is 47.5 Å². The molecule has 0 saturated carbocycles. The molecule has 0 spiro atoms. The smallest absolute Gasteiger partial charge is 0.229 e. The molecule has 4 heteroatoms. The third-order valence-electron chi connectivity index (χ3n) is 8.91. The van der Waals surface area contributed by atoms with Crippen molar-refractivity contribution in [3.8, 4) is 11.1 Å². The SMILES string of the molecule is Cc1cc(C)c([N+]2=CN(c3ccc(-c4ccc(N5C=[N+](c6c(C)cc(C)cc6C)CC5)c(C)c4)cc3C)CC2)c(C)c1. The Bertz CT molecular complexity index is 1600. The maximum atomic E-state index is 2.41. The van der Waals surface area contributed by atoms with Crippen LogP contribution >= 0.6 is 0 Å². The summed E-state index contributed by atoms with van der Waals surface area (Å²) in [5, 5.41) is 0. The van der Waals surface area contributed by atoms with Crippen LogP contribution < -0.4 is 9.80 Å². The number of hydrogen-bond donors (Lipinski definition) is 0. The molecular weight excluding hydrogens is 512 g/mol. The standard InChI is InChI=1S/C38H44N4/c1-25-17-29(5)37(30(6)18-25)41-15-13-39(23-41)35-11-9-33(21-27(35)3)34-10-12-36(28(4)22-34)40-14-16-42(24-40)38-31(7)19-26(2)20-32(38)8/h9-12,17-24H,13-16H2,1-8H3/q+2. The number of hydrogen-bond acceptors (Lipinski definition) is 2. The summed E-state index contributed by atoms with van der Waals surface area (Å²) >= 11 is 0. The van der Waals surface area contributed by atoms with E-state index in [2.05, 4.69) is 148 Å². The molecule has 4 aromatic rings. The largest absolute Gasteiger partial charge is 0.244 e. The Kier molecular flexibility index (Phi) is 7.26. The van der Waals surface area contributed by atoms with Gasteiger partial charge in [0.1, 0.15) is 48.9 Å². The van der Waals surface area contributed by atoms with Gasteiger partial charge in [0.2, 0.25) is 12.7 Å². The monoisotopic (exact) mass is 556 g/mol. The van der Waals surface area contributed by atoms with E-state index in [9.17, 15) is 0 Å². The van der Waals surface area contributed by atoms with Gasteiger partial charge in [0.25, 0.3) is 0 Å². The molecule has 2 aliphatic heterocycles. The van der Waals surface area contributed by atoms with E-state index in [4.69, 9.17) is 0 Å². The molecule has 0 N–H and O–H groups in total. The molecule has 0 radical (unpaired) electrons. The molecule has 2 heterocycles. The predicted molar refractivity (Wildman–Crippen MR) is 179 cm³/mol. The second kappa shape index (κ2) is 10.9. The zero-order chi connectivity index (χ0) is 29.7. The molecule has 0 aromatic heterocycles. The molecule has 214 valence electrons. The van der Waals surface area contributed by atoms with Crippen LogP contribution in [-0.4, -0.2) is 48.0 Å². The quantitative estimate of drug-likeness (QED) is 0.230. The summed E-state index contributed by atoms with van der Waals surface area (Å²) in [6.07, 6.45) is 4.59. The fraction of sp³-hybridized carbons (Fsp3) is 0.316. The topological polar surface area (TPSA) is 12.5 Å². The molecule has 42 heavy (non-hydrogen) atoms. The Labute approximate surface area is 251 Å². The van der Waals surface area contributed by atoms with Crippen molar-refractivity contribution in [1.82, 2.24) is 0 Å². The third kappa shape index (κ3) is 5.15. The van der Waals surface area contributed by atoms with Crippen LogP contribution in [0.3, 0.4) is 0 Å². The van der Waals surface area contributed by atoms with Gasteiger partial charge in [-0.2, -0.15) is 0 Å². The maximum Gasteiger partial charge on any atom is 0.244 e. The average molecular weight is 557 g/mol. The van der Waals surface area contributed by atoms with Crippen molar-refractivity contribution < 1.29 is 9.15 Å². The first-order chi connectivity index (χ1) is 20.1. The van der Waals surface area contributed by atoms with E-state index in [0.29, 0.717) is 0 Å². The van der Waals surface area contributed by atoms with Gasteiger partial charge in [0, 0.05) is 0 Å². The fourth-order valence-corrected chi connectivity index (χ4v) is 7.27. The summed E-state index contributed by atoms with van der Waals surface area (Å²) in [7, 11) is 0. The zero-order valence-electron chi connectivity index (χ0n) is 26.5. The molecule has 2 aliphatic rings. The Morgan fingerprint density at radius 1 is 0.452 bits per heavy atom. The van der Waals surface area contributed by atoms with Gasteiger partial charge >= 0.3 is 0 Å². The first kappa shape index (κ1) is 28.0. The van der Waals surface area contributed by atoms with Crippen LogP contribution in [-0.2, 0) is 0 Å². The Balaban J connectivity index is 1.23. The Hall–Kier alpha value is -4.18. The summed E-state index contributed by atoms with van der Waals surface area (Å²) in [6.45, 7) is 21.7. The van der Waals surface area contributed by atoms with Crippen molar-refractivity contribution in [1.29, 1.82) is 0 Å². The second-order valence-corrected chi connectivity index (χ2v) is 12.5. The van der Waals surface area contributed by atoms with Gasteiger partial charge in [-0.05, 0) is 124 Å². The molecule has 6 rings (SSSR count). The molecule has 0 atom stereocenters. The summed E-state index contributed by atoms with van der Waals surface area (Å²) in [6, 6.07) is 23.0. The Morgan fingerprint density at radius 2 is 0.810 bits per heavy atom. The van der Waals surface area contributed by atoms with E-state index in [0.717, 1.165) is 26.2 Å². The lowest BCUT2D eigenvalue weighted by molar-refractivity contribution is -0.425. The van der Waals surface area contributed by atoms with Gasteiger partial charge in [0.15, 0.2) is 0 Å². The maximum absolute atomic E-state index is 2.41. The second-order valence-electron chi connectivity index (χ2n) is 12.5. The van der Waals surface area contributed by atoms with Gasteiger partial charge in [0.05, 0.1) is 0 Å². The zero-order valence-corrected chi connectivity index (χ0v) is 26.5. The van der Waals surface area contributed by atoms with E-state index < -0.39 is 0 Å². The average Bonchev–Trinajstić information content (AvgIpc) is 3.58. The van der Waals surface area contributed by atoms with E-state index in [-0.39, 0.29) is 0 Å². The van der Waals surface area contributed by atoms with Gasteiger partial charge in [-0.15, -0.1) is 0 Å². The first-order valence-electron chi connectivity index (χ1n) is 15.2. The number of nitrogens with zero attached hydrogens (tertiary/aromatic N) is 4. The van der Waals surface area contributed by atoms with Crippen LogP contribution in [0.2, 0.25) is 0 Å². The van der Waals surface area contributed by atoms with Gasteiger partial charge in [-0.3, -0.25) is 0 Å². The molecular formula is C38H44N4+2. The minimum Gasteiger partial charge on any atom is -0.229 e. The van der Waals surface area contributed by atoms with Crippen LogP contribution in [0.1, 0.15) is 44.5 Å². The van der Waals surface area contributed by atoms with Crippen molar-refractivity contribution >= 4 is 35.4 Å². The fourth-order valence-electron chi connectivity index (χ4n) is 7.27. The molecule has 0 bridgehead atoms. The highest BCUT2D eigenvalue weighted by Crippen LogP contribution is 2.33. The number of benzene rings is 4. The highest BCUT2D eigenvalue weighted by Gasteiger charge is 2.28. The molecule has 0 saturated heterocycles. The highest BCUT2D eigenvalue weighted by atomic mass is 15.3. The lowest BCUT2D eigenvalue weighted by Gasteiger charge is -2.14. The molecule has 0 aliphatic carbocycles. The predicted octanol–water partition coefficient (Wildman–Crippen LogP) is 8.21. The van der Waals surface area contributed by atoms with Crippen molar-refractivity contribution in [2.24, 2.45) is 0 Å². The highest BCUT2D eigenvalue weighted by molar-refractivity contribution is 5.84. The van der Waals surface area contributed by atoms with Crippen LogP contribution in [0.25, 0.3) is 11.1 Å². The van der Waals surface area contributed by atoms with E-state index in [1.54, 1.807) is 0 Å². The summed E-state index contributed by atoms with van der Waals surface area (Å²) in [5.74, 6) is 0. The number of aryl methyl sites for hydroxylation is 8. The van der Waals surface area contributed by atoms with Crippen LogP contribution in [0.5, 0.6) is 0 Å². The first-order valence-corrected chi connectivity index (χ1v) is 15.2.